The maximum absolute atomic E-state index is 14.5. The van der Waals surface area contributed by atoms with E-state index in [0.29, 0.717) is 0 Å². The Hall–Kier alpha value is -1.31. The van der Waals surface area contributed by atoms with Crippen LogP contribution in [0.4, 0.5) is 8.78 Å². The molecule has 2 heterocycles. The number of aliphatic carboxylic acids is 2. The quantitative estimate of drug-likeness (QED) is 0.0743. The summed E-state index contributed by atoms with van der Waals surface area (Å²) in [5, 5.41) is 66.8. The molecule has 0 bridgehead atoms. The number of hydrogen-bond acceptors (Lipinski definition) is 11. The number of nitrogens with two attached hydrogens (primary N) is 2. The van der Waals surface area contributed by atoms with Crippen molar-refractivity contribution in [3.63, 3.8) is 0 Å². The van der Waals surface area contributed by atoms with Crippen molar-refractivity contribution in [2.24, 2.45) is 29.2 Å². The average molecular weight is 947 g/mol. The van der Waals surface area contributed by atoms with Crippen LogP contribution in [0.15, 0.2) is 0 Å². The van der Waals surface area contributed by atoms with Crippen LogP contribution in [0.2, 0.25) is 0 Å². The number of amides is 2. The molecule has 0 saturated carbocycles. The number of carboxylic acids is 2. The van der Waals surface area contributed by atoms with Crippen molar-refractivity contribution >= 4 is 35.4 Å². The molecule has 13 atom stereocenters. The fourth-order valence-electron chi connectivity index (χ4n) is 5.39. The van der Waals surface area contributed by atoms with Crippen molar-refractivity contribution in [2.45, 2.75) is 136 Å². The van der Waals surface area contributed by atoms with Crippen LogP contribution in [0.5, 0.6) is 0 Å². The van der Waals surface area contributed by atoms with Gasteiger partial charge in [-0.15, -0.1) is 0 Å². The van der Waals surface area contributed by atoms with E-state index in [1.54, 1.807) is 6.92 Å². The zero-order valence-electron chi connectivity index (χ0n) is 31.9. The van der Waals surface area contributed by atoms with Crippen LogP contribution >= 0.6 is 0 Å². The summed E-state index contributed by atoms with van der Waals surface area (Å²) in [5.41, 5.74) is 10.6. The maximum atomic E-state index is 14.5. The second-order valence-corrected chi connectivity index (χ2v) is 12.6. The number of aliphatic hydroxyl groups excluding tert-OH is 3. The van der Waals surface area contributed by atoms with Gasteiger partial charge in [0.25, 0.3) is 0 Å². The predicted molar refractivity (Wildman–Crippen MR) is 193 cm³/mol. The summed E-state index contributed by atoms with van der Waals surface area (Å²) in [5.74, 6) is -11.4. The monoisotopic (exact) mass is 946 g/mol. The van der Waals surface area contributed by atoms with Crippen molar-refractivity contribution < 1.29 is 128 Å². The minimum Gasteiger partial charge on any atom is -0.479 e. The number of ether oxygens (including phenoxy) is 2. The number of carboxylic acid groups (broad SMARTS) is 2. The first kappa shape index (κ1) is 62.9. The van der Waals surface area contributed by atoms with Gasteiger partial charge in [-0.1, -0.05) is 20.5 Å². The number of carbonyl (C=O) groups is 4. The Kier molecular flexibility index (Phi) is 35.1. The summed E-state index contributed by atoms with van der Waals surface area (Å²) in [6.45, 7) is 18.7. The van der Waals surface area contributed by atoms with E-state index in [2.05, 4.69) is 29.2 Å². The molecule has 55 heavy (non-hydrogen) atoms. The van der Waals surface area contributed by atoms with Gasteiger partial charge >= 0.3 is 17.8 Å². The van der Waals surface area contributed by atoms with Crippen molar-refractivity contribution in [1.29, 1.82) is 10.8 Å². The largest absolute Gasteiger partial charge is 0.479 e. The summed E-state index contributed by atoms with van der Waals surface area (Å²) in [6.07, 6.45) is -7.39. The molecule has 0 unspecified atom stereocenters. The SMILES string of the molecule is C.C[CH-]C.C[CH-]C.[CH2-][C@@H](O)[C@@H](C)[C@@H]1O[C@@H](C(=O)O)C[C@H](CC(=N)N)[C@H]1NC(C)=O.[CH2-][C@@H](O)[C@@H](O)[C@@H]1O[C@@](F)(C(=O)O)[C@H](F)[C@H](CC(=N)N)[C@H]1NC(C)=O.[Y].[Y]. The number of hydrogen-bond donors (Lipinski definition) is 11. The third-order valence-electron chi connectivity index (χ3n) is 7.65. The van der Waals surface area contributed by atoms with Gasteiger partial charge in [0.15, 0.2) is 12.3 Å². The zero-order valence-corrected chi connectivity index (χ0v) is 37.5. The normalized spacial score (nSPS) is 28.7. The Morgan fingerprint density at radius 2 is 1.31 bits per heavy atom. The second kappa shape index (κ2) is 30.7. The first-order valence-corrected chi connectivity index (χ1v) is 16.4. The van der Waals surface area contributed by atoms with Gasteiger partial charge < -0.3 is 83.8 Å². The Bertz CT molecular complexity index is 1180. The van der Waals surface area contributed by atoms with E-state index in [1.165, 1.54) is 6.92 Å². The van der Waals surface area contributed by atoms with E-state index >= 15 is 0 Å². The summed E-state index contributed by atoms with van der Waals surface area (Å²) < 4.78 is 39.2. The van der Waals surface area contributed by atoms with E-state index in [9.17, 15) is 48.4 Å². The number of alkyl halides is 2. The van der Waals surface area contributed by atoms with Gasteiger partial charge in [-0.25, -0.2) is 14.0 Å². The number of halogens is 2. The van der Waals surface area contributed by atoms with E-state index in [1.807, 2.05) is 40.5 Å². The Morgan fingerprint density at radius 1 is 0.891 bits per heavy atom. The molecule has 2 aliphatic rings. The Morgan fingerprint density at radius 3 is 1.64 bits per heavy atom. The van der Waals surface area contributed by atoms with Crippen LogP contribution in [0.3, 0.4) is 0 Å². The molecule has 2 radical (unpaired) electrons. The first-order valence-electron chi connectivity index (χ1n) is 16.4. The Balaban J connectivity index is -0.000000253. The molecule has 0 aromatic heterocycles. The van der Waals surface area contributed by atoms with E-state index in [-0.39, 0.29) is 103 Å². The zero-order chi connectivity index (χ0) is 41.3. The Labute approximate surface area is 374 Å². The van der Waals surface area contributed by atoms with Crippen molar-refractivity contribution in [3.05, 3.63) is 26.7 Å². The van der Waals surface area contributed by atoms with Gasteiger partial charge in [0, 0.05) is 98.0 Å². The van der Waals surface area contributed by atoms with Crippen LogP contribution in [0, 0.1) is 55.3 Å². The molecule has 0 aliphatic carbocycles. The molecular formula is C34H62F2N6O11Y2-4. The fourth-order valence-corrected chi connectivity index (χ4v) is 5.39. The molecule has 2 rings (SSSR count). The van der Waals surface area contributed by atoms with Gasteiger partial charge in [-0.05, 0) is 24.4 Å². The number of amidine groups is 2. The number of nitrogens with one attached hydrogen (secondary N) is 4. The standard InChI is InChI=1S/C14H24N3O5.C13H20F2N3O6.2C3H7.CH4.2Y/c1-6(7(2)18)13-12(17-8(3)19)9(5-11(15)16)4-10(22-13)14(20)21;1-4(19)9(21)10-8(18-5(2)20)6(3-7(16)17)11(14)13(15,24-10)12(22)23;2*1-3-2;;;/h6-7,9-10,12-13,18H,2,4-5H2,1,3H3,(H3,15,16)(H,17,19)(H,20,21);4,6,8-11,19,21H,1,3H2,2H3,(H3,16,17)(H,18,20)(H,22,23);2*3H,1-2H3;1H4;;/q4*-1;;;/t6-,7-,9-,10-,12-,13+;4-,6-,8-,9-,10-,11-,13-;;;;;/m11...../s1. The van der Waals surface area contributed by atoms with Crippen molar-refractivity contribution in [3.8, 4) is 0 Å². The third-order valence-corrected chi connectivity index (χ3v) is 7.65. The fraction of sp³-hybridized carbons (Fsp3) is 0.706. The molecule has 17 nitrogen and oxygen atoms in total. The molecule has 13 N–H and O–H groups in total. The van der Waals surface area contributed by atoms with Gasteiger partial charge in [0.1, 0.15) is 6.10 Å². The summed E-state index contributed by atoms with van der Waals surface area (Å²) >= 11 is 0. The summed E-state index contributed by atoms with van der Waals surface area (Å²) in [7, 11) is 0. The molecule has 0 aromatic rings. The number of carbonyl (C=O) groups excluding carboxylic acids is 2. The maximum Gasteiger partial charge on any atom is 0.372 e. The summed E-state index contributed by atoms with van der Waals surface area (Å²) in [6, 6.07) is -1.99. The van der Waals surface area contributed by atoms with Crippen LogP contribution in [-0.4, -0.2) is 122 Å². The smallest absolute Gasteiger partial charge is 0.372 e. The number of aliphatic hydroxyl groups is 3. The summed E-state index contributed by atoms with van der Waals surface area (Å²) in [4.78, 5) is 45.2. The van der Waals surface area contributed by atoms with E-state index in [4.69, 9.17) is 32.1 Å². The molecule has 2 aliphatic heterocycles. The van der Waals surface area contributed by atoms with Crippen LogP contribution < -0.4 is 22.1 Å². The van der Waals surface area contributed by atoms with Crippen LogP contribution in [0.25, 0.3) is 0 Å². The molecule has 2 saturated heterocycles. The third kappa shape index (κ3) is 21.3. The van der Waals surface area contributed by atoms with E-state index in [0.717, 1.165) is 6.92 Å². The predicted octanol–water partition coefficient (Wildman–Crippen LogP) is 1.08. The minimum absolute atomic E-state index is 0. The van der Waals surface area contributed by atoms with Crippen LogP contribution in [0.1, 0.15) is 75.2 Å². The van der Waals surface area contributed by atoms with Gasteiger partial charge in [-0.3, -0.25) is 20.4 Å². The van der Waals surface area contributed by atoms with Gasteiger partial charge in [-0.2, -0.15) is 32.1 Å². The minimum atomic E-state index is -3.85. The molecule has 0 spiro atoms. The number of rotatable bonds is 12. The molecule has 2 amide bonds. The van der Waals surface area contributed by atoms with Gasteiger partial charge in [0.05, 0.1) is 36.0 Å². The molecule has 318 valence electrons. The van der Waals surface area contributed by atoms with Gasteiger partial charge in [0.2, 0.25) is 11.8 Å². The second-order valence-electron chi connectivity index (χ2n) is 12.6. The first-order chi connectivity index (χ1) is 23.9. The average Bonchev–Trinajstić information content (AvgIpc) is 3.00. The molecule has 21 heteroatoms. The van der Waals surface area contributed by atoms with Crippen LogP contribution in [-0.2, 0) is 94.1 Å². The molecular weight excluding hydrogens is 884 g/mol. The van der Waals surface area contributed by atoms with Crippen molar-refractivity contribution in [2.75, 3.05) is 0 Å². The topological polar surface area (TPSA) is 312 Å². The molecule has 2 fully saturated rings. The van der Waals surface area contributed by atoms with Crippen molar-refractivity contribution in [1.82, 2.24) is 10.6 Å². The van der Waals surface area contributed by atoms with E-state index < -0.39 is 103 Å². The molecule has 0 aromatic carbocycles.